The first kappa shape index (κ1) is 17.6. The monoisotopic (exact) mass is 367 g/mol. The zero-order valence-electron chi connectivity index (χ0n) is 13.8. The van der Waals surface area contributed by atoms with Crippen molar-refractivity contribution >= 4 is 29.2 Å². The molecule has 1 aromatic heterocycles. The van der Waals surface area contributed by atoms with Crippen LogP contribution < -0.4 is 21.3 Å². The van der Waals surface area contributed by atoms with Crippen LogP contribution in [0.1, 0.15) is 0 Å². The van der Waals surface area contributed by atoms with Crippen LogP contribution in [0.5, 0.6) is 5.75 Å². The topological polar surface area (TPSA) is 102 Å². The Morgan fingerprint density at radius 3 is 2.46 bits per heavy atom. The summed E-state index contributed by atoms with van der Waals surface area (Å²) in [5.74, 6) is 0.585. The van der Waals surface area contributed by atoms with Gasteiger partial charge in [0.1, 0.15) is 22.8 Å². The number of ether oxygens (including phenoxy) is 1. The second-order valence-corrected chi connectivity index (χ2v) is 6.19. The summed E-state index contributed by atoms with van der Waals surface area (Å²) in [6, 6.07) is 18.8. The Hall–Kier alpha value is -3.26. The van der Waals surface area contributed by atoms with E-state index in [1.165, 1.54) is 18.1 Å². The van der Waals surface area contributed by atoms with Gasteiger partial charge in [0.2, 0.25) is 0 Å². The first-order valence-electron chi connectivity index (χ1n) is 7.78. The van der Waals surface area contributed by atoms with Crippen molar-refractivity contribution in [2.45, 2.75) is 9.92 Å². The Labute approximate surface area is 155 Å². The van der Waals surface area contributed by atoms with Gasteiger partial charge in [-0.1, -0.05) is 48.2 Å². The minimum absolute atomic E-state index is 0.131. The zero-order chi connectivity index (χ0) is 18.2. The molecular formula is C18H17N5O2S. The lowest BCUT2D eigenvalue weighted by Gasteiger charge is -2.12. The summed E-state index contributed by atoms with van der Waals surface area (Å²) in [5.41, 5.74) is 11.7. The van der Waals surface area contributed by atoms with Gasteiger partial charge in [-0.15, -0.1) is 0 Å². The number of carbonyl (C=O) groups is 1. The molecule has 26 heavy (non-hydrogen) atoms. The smallest absolute Gasteiger partial charge is 0.276 e. The van der Waals surface area contributed by atoms with Crippen LogP contribution in [0.15, 0.2) is 76.9 Å². The van der Waals surface area contributed by atoms with Crippen LogP contribution in [0.2, 0.25) is 0 Å². The molecule has 0 aliphatic rings. The molecule has 3 aromatic rings. The van der Waals surface area contributed by atoms with Gasteiger partial charge in [-0.3, -0.25) is 15.6 Å². The summed E-state index contributed by atoms with van der Waals surface area (Å²) >= 11 is 1.42. The Kier molecular flexibility index (Phi) is 5.89. The number of hydrogen-bond acceptors (Lipinski definition) is 7. The third kappa shape index (κ3) is 4.87. The molecule has 4 N–H and O–H groups in total. The number of benzene rings is 2. The minimum Gasteiger partial charge on any atom is -0.484 e. The number of aromatic nitrogens is 2. The molecule has 0 unspecified atom stereocenters. The minimum atomic E-state index is -0.357. The molecule has 0 radical (unpaired) electrons. The molecule has 132 valence electrons. The fourth-order valence-corrected chi connectivity index (χ4v) is 2.81. The van der Waals surface area contributed by atoms with E-state index in [1.54, 1.807) is 12.1 Å². The molecule has 0 fully saturated rings. The summed E-state index contributed by atoms with van der Waals surface area (Å²) in [4.78, 5) is 21.1. The van der Waals surface area contributed by atoms with Crippen LogP contribution in [0.25, 0.3) is 0 Å². The van der Waals surface area contributed by atoms with Gasteiger partial charge in [-0.05, 0) is 24.3 Å². The molecule has 2 aromatic carbocycles. The number of nitrogens with two attached hydrogens (primary N) is 1. The predicted molar refractivity (Wildman–Crippen MR) is 101 cm³/mol. The molecule has 1 heterocycles. The fourth-order valence-electron chi connectivity index (χ4n) is 1.99. The Morgan fingerprint density at radius 1 is 1.04 bits per heavy atom. The average Bonchev–Trinajstić information content (AvgIpc) is 2.69. The Morgan fingerprint density at radius 2 is 1.73 bits per heavy atom. The van der Waals surface area contributed by atoms with Crippen molar-refractivity contribution in [2.24, 2.45) is 0 Å². The number of hydrazine groups is 1. The van der Waals surface area contributed by atoms with Gasteiger partial charge in [-0.25, -0.2) is 9.97 Å². The summed E-state index contributed by atoms with van der Waals surface area (Å²) in [6.07, 6.45) is 1.39. The molecule has 0 saturated carbocycles. The summed E-state index contributed by atoms with van der Waals surface area (Å²) in [6.45, 7) is -0.131. The van der Waals surface area contributed by atoms with E-state index < -0.39 is 0 Å². The molecule has 7 nitrogen and oxygen atoms in total. The van der Waals surface area contributed by atoms with Gasteiger partial charge < -0.3 is 10.5 Å². The molecule has 0 bridgehead atoms. The van der Waals surface area contributed by atoms with Crippen molar-refractivity contribution in [2.75, 3.05) is 17.8 Å². The van der Waals surface area contributed by atoms with E-state index in [4.69, 9.17) is 10.5 Å². The van der Waals surface area contributed by atoms with E-state index in [2.05, 4.69) is 20.8 Å². The number of hydrogen-bond donors (Lipinski definition) is 3. The van der Waals surface area contributed by atoms with Crippen LogP contribution in [-0.4, -0.2) is 22.5 Å². The van der Waals surface area contributed by atoms with E-state index in [0.29, 0.717) is 22.3 Å². The quantitative estimate of drug-likeness (QED) is 0.436. The average molecular weight is 367 g/mol. The predicted octanol–water partition coefficient (Wildman–Crippen LogP) is 2.73. The first-order chi connectivity index (χ1) is 12.7. The SMILES string of the molecule is Nc1c(NNC(=O)COc2ccccc2)ncnc1Sc1ccccc1. The fraction of sp³-hybridized carbons (Fsp3) is 0.0556. The van der Waals surface area contributed by atoms with Crippen LogP contribution in [0.3, 0.4) is 0 Å². The molecule has 0 saturated heterocycles. The maximum Gasteiger partial charge on any atom is 0.276 e. The number of nitrogens with one attached hydrogen (secondary N) is 2. The number of amides is 1. The van der Waals surface area contributed by atoms with E-state index in [-0.39, 0.29) is 12.5 Å². The van der Waals surface area contributed by atoms with Crippen molar-refractivity contribution in [1.29, 1.82) is 0 Å². The van der Waals surface area contributed by atoms with E-state index >= 15 is 0 Å². The summed E-state index contributed by atoms with van der Waals surface area (Å²) < 4.78 is 5.37. The van der Waals surface area contributed by atoms with Gasteiger partial charge in [0.15, 0.2) is 12.4 Å². The standard InChI is InChI=1S/C18H17N5O2S/c19-16-17(20-12-21-18(16)26-14-9-5-2-6-10-14)23-22-15(24)11-25-13-7-3-1-4-8-13/h1-10,12H,11,19H2,(H,22,24)(H,20,21,23). The number of rotatable bonds is 7. The van der Waals surface area contributed by atoms with Crippen molar-refractivity contribution in [3.63, 3.8) is 0 Å². The van der Waals surface area contributed by atoms with Crippen LogP contribution in [0.4, 0.5) is 11.5 Å². The maximum atomic E-state index is 11.9. The lowest BCUT2D eigenvalue weighted by molar-refractivity contribution is -0.122. The number of carbonyl (C=O) groups excluding carboxylic acids is 1. The van der Waals surface area contributed by atoms with Gasteiger partial charge in [0.05, 0.1) is 0 Å². The highest BCUT2D eigenvalue weighted by molar-refractivity contribution is 7.99. The second-order valence-electron chi connectivity index (χ2n) is 5.13. The summed E-state index contributed by atoms with van der Waals surface area (Å²) in [5, 5.41) is 0.600. The Balaban J connectivity index is 1.56. The molecule has 0 atom stereocenters. The maximum absolute atomic E-state index is 11.9. The highest BCUT2D eigenvalue weighted by Gasteiger charge is 2.10. The molecule has 0 spiro atoms. The molecule has 0 aliphatic heterocycles. The van der Waals surface area contributed by atoms with E-state index in [0.717, 1.165) is 4.90 Å². The lowest BCUT2D eigenvalue weighted by Crippen LogP contribution is -2.34. The Bertz CT molecular complexity index is 862. The van der Waals surface area contributed by atoms with Gasteiger partial charge >= 0.3 is 0 Å². The van der Waals surface area contributed by atoms with Crippen molar-refractivity contribution in [3.05, 3.63) is 67.0 Å². The van der Waals surface area contributed by atoms with E-state index in [1.807, 2.05) is 48.5 Å². The molecule has 1 amide bonds. The van der Waals surface area contributed by atoms with Gasteiger partial charge in [0, 0.05) is 4.90 Å². The highest BCUT2D eigenvalue weighted by Crippen LogP contribution is 2.32. The number of nitrogen functional groups attached to an aromatic ring is 1. The van der Waals surface area contributed by atoms with Crippen molar-refractivity contribution in [1.82, 2.24) is 15.4 Å². The molecule has 3 rings (SSSR count). The van der Waals surface area contributed by atoms with E-state index in [9.17, 15) is 4.79 Å². The molecular weight excluding hydrogens is 350 g/mol. The number of para-hydroxylation sites is 1. The third-order valence-corrected chi connectivity index (χ3v) is 4.27. The lowest BCUT2D eigenvalue weighted by atomic mass is 10.3. The largest absolute Gasteiger partial charge is 0.484 e. The van der Waals surface area contributed by atoms with Crippen molar-refractivity contribution < 1.29 is 9.53 Å². The second kappa shape index (κ2) is 8.72. The number of anilines is 2. The third-order valence-electron chi connectivity index (χ3n) is 3.24. The van der Waals surface area contributed by atoms with Crippen molar-refractivity contribution in [3.8, 4) is 5.75 Å². The molecule has 0 aliphatic carbocycles. The normalized spacial score (nSPS) is 10.2. The highest BCUT2D eigenvalue weighted by atomic mass is 32.2. The zero-order valence-corrected chi connectivity index (χ0v) is 14.6. The van der Waals surface area contributed by atoms with Crippen LogP contribution >= 0.6 is 11.8 Å². The first-order valence-corrected chi connectivity index (χ1v) is 8.60. The molecule has 8 heteroatoms. The summed E-state index contributed by atoms with van der Waals surface area (Å²) in [7, 11) is 0. The van der Waals surface area contributed by atoms with Crippen LogP contribution in [0, 0.1) is 0 Å². The van der Waals surface area contributed by atoms with Gasteiger partial charge in [-0.2, -0.15) is 0 Å². The van der Waals surface area contributed by atoms with Crippen LogP contribution in [-0.2, 0) is 4.79 Å². The van der Waals surface area contributed by atoms with Gasteiger partial charge in [0.25, 0.3) is 5.91 Å². The number of nitrogens with zero attached hydrogens (tertiary/aromatic N) is 2.